The Balaban J connectivity index is 0. The van der Waals surface area contributed by atoms with Gasteiger partial charge in [0.05, 0.1) is 10.6 Å². The largest absolute Gasteiger partial charge is 0.368 e. The molecule has 0 spiro atoms. The first-order chi connectivity index (χ1) is 5.54. The molecule has 0 saturated heterocycles. The van der Waals surface area contributed by atoms with Crippen molar-refractivity contribution in [2.24, 2.45) is 43.7 Å². The molecule has 12 heavy (non-hydrogen) atoms. The average Bonchev–Trinajstić information content (AvgIpc) is 1.87. The van der Waals surface area contributed by atoms with E-state index < -0.39 is 0 Å². The zero-order chi connectivity index (χ0) is 9.98. The second-order valence-corrected chi connectivity index (χ2v) is 1.21. The highest BCUT2D eigenvalue weighted by Gasteiger charge is 1.69. The van der Waals surface area contributed by atoms with Crippen molar-refractivity contribution in [1.29, 1.82) is 0 Å². The summed E-state index contributed by atoms with van der Waals surface area (Å²) >= 11 is 0. The minimum atomic E-state index is -0.315. The fraction of sp³-hybridized carbons (Fsp3) is 0. The van der Waals surface area contributed by atoms with Crippen LogP contribution in [0.25, 0.3) is 0 Å². The molecule has 10 heteroatoms. The number of guanidine groups is 2. The van der Waals surface area contributed by atoms with Crippen LogP contribution >= 0.6 is 0 Å². The SMILES string of the molecule is NC(N)=NN=O.NC(N)=NN=O. The summed E-state index contributed by atoms with van der Waals surface area (Å²) in [5.41, 5.74) is 18.5. The lowest BCUT2D eigenvalue weighted by Crippen LogP contribution is -2.21. The maximum Gasteiger partial charge on any atom is 0.214 e. The van der Waals surface area contributed by atoms with Crippen LogP contribution in [0.15, 0.2) is 20.8 Å². The van der Waals surface area contributed by atoms with Crippen LogP contribution in [0.4, 0.5) is 0 Å². The van der Waals surface area contributed by atoms with Gasteiger partial charge in [-0.3, -0.25) is 0 Å². The van der Waals surface area contributed by atoms with Crippen molar-refractivity contribution in [2.45, 2.75) is 0 Å². The van der Waals surface area contributed by atoms with Gasteiger partial charge in [0.2, 0.25) is 11.9 Å². The number of nitrogens with zero attached hydrogens (tertiary/aromatic N) is 4. The highest BCUT2D eigenvalue weighted by atomic mass is 16.3. The molecule has 8 N–H and O–H groups in total. The van der Waals surface area contributed by atoms with Gasteiger partial charge in [0.1, 0.15) is 0 Å². The summed E-state index contributed by atoms with van der Waals surface area (Å²) in [5, 5.41) is 9.38. The van der Waals surface area contributed by atoms with Crippen molar-refractivity contribution in [3.05, 3.63) is 9.81 Å². The molecule has 0 aromatic heterocycles. The topological polar surface area (TPSA) is 188 Å². The van der Waals surface area contributed by atoms with Crippen LogP contribution in [-0.2, 0) is 0 Å². The Kier molecular flexibility index (Phi) is 9.05. The Hall–Kier alpha value is -2.26. The summed E-state index contributed by atoms with van der Waals surface area (Å²) in [6.07, 6.45) is 0. The second-order valence-electron chi connectivity index (χ2n) is 1.21. The van der Waals surface area contributed by atoms with Crippen LogP contribution in [0.2, 0.25) is 0 Å². The third-order valence-corrected chi connectivity index (χ3v) is 0.313. The first-order valence-electron chi connectivity index (χ1n) is 2.37. The fourth-order valence-electron chi connectivity index (χ4n) is 0.0943. The molecule has 0 fully saturated rings. The van der Waals surface area contributed by atoms with Crippen molar-refractivity contribution in [3.63, 3.8) is 0 Å². The van der Waals surface area contributed by atoms with Crippen molar-refractivity contribution >= 4 is 11.9 Å². The molecule has 0 aliphatic carbocycles. The molecule has 0 atom stereocenters. The van der Waals surface area contributed by atoms with Gasteiger partial charge in [0.25, 0.3) is 0 Å². The van der Waals surface area contributed by atoms with Crippen molar-refractivity contribution < 1.29 is 0 Å². The van der Waals surface area contributed by atoms with Crippen LogP contribution in [0, 0.1) is 9.81 Å². The van der Waals surface area contributed by atoms with Gasteiger partial charge in [-0.25, -0.2) is 0 Å². The summed E-state index contributed by atoms with van der Waals surface area (Å²) in [6, 6.07) is 0. The molecule has 0 heterocycles. The fourth-order valence-corrected chi connectivity index (χ4v) is 0.0943. The predicted molar refractivity (Wildman–Crippen MR) is 43.2 cm³/mol. The summed E-state index contributed by atoms with van der Waals surface area (Å²) in [5.74, 6) is -0.630. The van der Waals surface area contributed by atoms with Crippen LogP contribution in [0.1, 0.15) is 0 Å². The molecule has 0 unspecified atom stereocenters. The maximum absolute atomic E-state index is 9.02. The lowest BCUT2D eigenvalue weighted by Gasteiger charge is -1.74. The average molecular weight is 176 g/mol. The molecule has 0 amide bonds. The van der Waals surface area contributed by atoms with Crippen LogP contribution in [0.5, 0.6) is 0 Å². The Morgan fingerprint density at radius 3 is 1.00 bits per heavy atom. The minimum Gasteiger partial charge on any atom is -0.368 e. The van der Waals surface area contributed by atoms with Gasteiger partial charge >= 0.3 is 0 Å². The molecule has 68 valence electrons. The van der Waals surface area contributed by atoms with E-state index in [0.717, 1.165) is 0 Å². The first kappa shape index (κ1) is 12.4. The lowest BCUT2D eigenvalue weighted by atomic mass is 11.1. The van der Waals surface area contributed by atoms with Gasteiger partial charge in [-0.15, -0.1) is 9.81 Å². The van der Waals surface area contributed by atoms with Crippen molar-refractivity contribution in [3.8, 4) is 0 Å². The van der Waals surface area contributed by atoms with Gasteiger partial charge in [-0.05, 0) is 0 Å². The smallest absolute Gasteiger partial charge is 0.214 e. The van der Waals surface area contributed by atoms with E-state index in [2.05, 4.69) is 33.1 Å². The van der Waals surface area contributed by atoms with Gasteiger partial charge in [0.15, 0.2) is 0 Å². The molecule has 0 saturated carbocycles. The Bertz CT molecular complexity index is 165. The summed E-state index contributed by atoms with van der Waals surface area (Å²) in [6.45, 7) is 0. The van der Waals surface area contributed by atoms with E-state index in [1.165, 1.54) is 0 Å². The number of nitrogens with two attached hydrogens (primary N) is 4. The van der Waals surface area contributed by atoms with E-state index in [0.29, 0.717) is 0 Å². The molecule has 10 nitrogen and oxygen atoms in total. The third kappa shape index (κ3) is 25.1. The predicted octanol–water partition coefficient (Wildman–Crippen LogP) is -2.12. The van der Waals surface area contributed by atoms with Gasteiger partial charge in [-0.2, -0.15) is 0 Å². The van der Waals surface area contributed by atoms with E-state index in [1.807, 2.05) is 10.6 Å². The summed E-state index contributed by atoms with van der Waals surface area (Å²) < 4.78 is 0. The molecule has 0 rings (SSSR count). The molecule has 0 aromatic rings. The zero-order valence-electron chi connectivity index (χ0n) is 5.91. The Morgan fingerprint density at radius 1 is 0.750 bits per heavy atom. The molecule has 0 aliphatic heterocycles. The summed E-state index contributed by atoms with van der Waals surface area (Å²) in [7, 11) is 0. The maximum atomic E-state index is 9.02. The summed E-state index contributed by atoms with van der Waals surface area (Å²) in [4.78, 5) is 18.0. The number of hydrogen-bond donors (Lipinski definition) is 4. The van der Waals surface area contributed by atoms with E-state index in [4.69, 9.17) is 9.81 Å². The molecular formula is C2H8N8O2. The van der Waals surface area contributed by atoms with Crippen LogP contribution in [0.3, 0.4) is 0 Å². The van der Waals surface area contributed by atoms with E-state index in [-0.39, 0.29) is 11.9 Å². The van der Waals surface area contributed by atoms with E-state index in [9.17, 15) is 0 Å². The molecule has 0 radical (unpaired) electrons. The number of hydrogen-bond acceptors (Lipinski definition) is 4. The molecular weight excluding hydrogens is 168 g/mol. The molecule has 0 aliphatic rings. The second kappa shape index (κ2) is 8.74. The number of nitroso groups, excluding NO2 is 2. The highest BCUT2D eigenvalue weighted by molar-refractivity contribution is 5.75. The Morgan fingerprint density at radius 2 is 1.00 bits per heavy atom. The zero-order valence-corrected chi connectivity index (χ0v) is 5.91. The van der Waals surface area contributed by atoms with E-state index >= 15 is 0 Å². The monoisotopic (exact) mass is 176 g/mol. The van der Waals surface area contributed by atoms with Gasteiger partial charge in [0, 0.05) is 0 Å². The highest BCUT2D eigenvalue weighted by Crippen LogP contribution is 1.58. The molecule has 0 bridgehead atoms. The first-order valence-corrected chi connectivity index (χ1v) is 2.37. The lowest BCUT2D eigenvalue weighted by molar-refractivity contribution is 1.19. The Labute approximate surface area is 66.6 Å². The number of rotatable bonds is 2. The van der Waals surface area contributed by atoms with Crippen molar-refractivity contribution in [2.75, 3.05) is 0 Å². The quantitative estimate of drug-likeness (QED) is 0.161. The third-order valence-electron chi connectivity index (χ3n) is 0.313. The molecule has 0 aromatic carbocycles. The van der Waals surface area contributed by atoms with Crippen LogP contribution < -0.4 is 22.9 Å². The van der Waals surface area contributed by atoms with Gasteiger partial charge < -0.3 is 22.9 Å². The standard InChI is InChI=1S/2CH4N4O/c2*2-1(3)4-5-6/h2*(H4,2,3,4,6). The van der Waals surface area contributed by atoms with Crippen LogP contribution in [-0.4, -0.2) is 11.9 Å². The normalized spacial score (nSPS) is 6.67. The van der Waals surface area contributed by atoms with E-state index in [1.54, 1.807) is 0 Å². The minimum absolute atomic E-state index is 0.315. The van der Waals surface area contributed by atoms with Crippen molar-refractivity contribution in [1.82, 2.24) is 0 Å². The van der Waals surface area contributed by atoms with Gasteiger partial charge in [-0.1, -0.05) is 10.2 Å².